The summed E-state index contributed by atoms with van der Waals surface area (Å²) in [5.74, 6) is 5.70. The number of benzene rings is 4. The van der Waals surface area contributed by atoms with E-state index in [1.165, 1.54) is 25.7 Å². The topological polar surface area (TPSA) is 95.0 Å². The van der Waals surface area contributed by atoms with Crippen molar-refractivity contribution in [2.75, 3.05) is 40.4 Å². The standard InChI is InChI=1S/C56H60N6O4/c1-5-35-33-61-27-23-39(35)29-49(61)52(43-21-25-57-47-19-17-41(63-3)31-45(43)47)65-55-51(37-13-9-7-10-14-37)56(60-54(59-55)38-15-11-8-12-16-38)66-53(50-30-40-24-28-62(50)34-36(40)6-2)44-22-26-58-48-20-18-42(64-4)32-46(44)48/h7-22,25-26,31-32,35-36,39-40,49-50,52-53H,5-6,23-24,27-30,33-34H2,1-4H3/t35?,36?,39-,40+,49-,50?,52+,53+/m0/s1. The lowest BCUT2D eigenvalue weighted by Gasteiger charge is -2.52. The van der Waals surface area contributed by atoms with E-state index < -0.39 is 12.2 Å². The van der Waals surface area contributed by atoms with Crippen molar-refractivity contribution in [1.82, 2.24) is 29.7 Å². The molecule has 9 heterocycles. The Morgan fingerprint density at radius 3 is 1.47 bits per heavy atom. The molecule has 7 aromatic rings. The summed E-state index contributed by atoms with van der Waals surface area (Å²) in [5, 5.41) is 2.02. The van der Waals surface area contributed by atoms with Crippen LogP contribution in [0.15, 0.2) is 122 Å². The lowest BCUT2D eigenvalue weighted by molar-refractivity contribution is -0.0510. The van der Waals surface area contributed by atoms with Crippen LogP contribution >= 0.6 is 0 Å². The highest BCUT2D eigenvalue weighted by Crippen LogP contribution is 2.50. The molecule has 5 unspecified atom stereocenters. The van der Waals surface area contributed by atoms with Crippen LogP contribution < -0.4 is 18.9 Å². The highest BCUT2D eigenvalue weighted by Gasteiger charge is 2.47. The van der Waals surface area contributed by atoms with E-state index >= 15 is 0 Å². The molecule has 4 bridgehead atoms. The van der Waals surface area contributed by atoms with Crippen molar-refractivity contribution >= 4 is 21.8 Å². The van der Waals surface area contributed by atoms with Gasteiger partial charge in [0, 0.05) is 52.9 Å². The number of hydrogen-bond donors (Lipinski definition) is 0. The van der Waals surface area contributed by atoms with Gasteiger partial charge in [-0.2, -0.15) is 9.97 Å². The molecule has 6 aliphatic rings. The summed E-state index contributed by atoms with van der Waals surface area (Å²) in [5.41, 5.74) is 6.48. The Kier molecular flexibility index (Phi) is 11.8. The fourth-order valence-electron chi connectivity index (χ4n) is 12.1. The monoisotopic (exact) mass is 880 g/mol. The largest absolute Gasteiger partial charge is 0.497 e. The predicted octanol–water partition coefficient (Wildman–Crippen LogP) is 11.4. The molecule has 6 saturated heterocycles. The molecule has 0 radical (unpaired) electrons. The van der Waals surface area contributed by atoms with E-state index in [0.29, 0.717) is 41.3 Å². The molecule has 10 atom stereocenters. The zero-order chi connectivity index (χ0) is 44.7. The molecule has 0 aliphatic carbocycles. The van der Waals surface area contributed by atoms with E-state index in [1.807, 2.05) is 54.9 Å². The summed E-state index contributed by atoms with van der Waals surface area (Å²) in [6.07, 6.45) is 9.90. The van der Waals surface area contributed by atoms with Crippen LogP contribution in [0, 0.1) is 23.7 Å². The van der Waals surface area contributed by atoms with Crippen LogP contribution in [-0.2, 0) is 0 Å². The first-order valence-electron chi connectivity index (χ1n) is 24.2. The summed E-state index contributed by atoms with van der Waals surface area (Å²) in [6.45, 7) is 8.88. The number of pyridine rings is 2. The number of rotatable bonds is 14. The van der Waals surface area contributed by atoms with Crippen LogP contribution in [0.1, 0.15) is 75.7 Å². The summed E-state index contributed by atoms with van der Waals surface area (Å²) in [4.78, 5) is 26.0. The van der Waals surface area contributed by atoms with E-state index in [-0.39, 0.29) is 12.1 Å². The van der Waals surface area contributed by atoms with Gasteiger partial charge >= 0.3 is 0 Å². The zero-order valence-corrected chi connectivity index (χ0v) is 38.6. The Morgan fingerprint density at radius 2 is 1.05 bits per heavy atom. The third kappa shape index (κ3) is 7.91. The van der Waals surface area contributed by atoms with E-state index in [2.05, 4.69) is 90.4 Å². The molecular formula is C56H60N6O4. The second-order valence-corrected chi connectivity index (χ2v) is 18.9. The van der Waals surface area contributed by atoms with Crippen molar-refractivity contribution in [3.63, 3.8) is 0 Å². The predicted molar refractivity (Wildman–Crippen MR) is 260 cm³/mol. The van der Waals surface area contributed by atoms with Crippen LogP contribution in [0.25, 0.3) is 44.3 Å². The van der Waals surface area contributed by atoms with Crippen molar-refractivity contribution < 1.29 is 18.9 Å². The number of ether oxygens (including phenoxy) is 4. The average molecular weight is 881 g/mol. The van der Waals surface area contributed by atoms with Crippen LogP contribution in [0.3, 0.4) is 0 Å². The highest BCUT2D eigenvalue weighted by molar-refractivity contribution is 5.85. The maximum atomic E-state index is 7.76. The van der Waals surface area contributed by atoms with Gasteiger partial charge in [0.25, 0.3) is 0 Å². The van der Waals surface area contributed by atoms with Crippen molar-refractivity contribution in [2.45, 2.75) is 76.7 Å². The maximum absolute atomic E-state index is 7.76. The Morgan fingerprint density at radius 1 is 0.576 bits per heavy atom. The Bertz CT molecular complexity index is 2680. The van der Waals surface area contributed by atoms with Gasteiger partial charge in [-0.25, -0.2) is 0 Å². The molecule has 6 fully saturated rings. The van der Waals surface area contributed by atoms with E-state index in [1.54, 1.807) is 14.2 Å². The van der Waals surface area contributed by atoms with Gasteiger partial charge in [-0.05, 0) is 117 Å². The van der Waals surface area contributed by atoms with Crippen molar-refractivity contribution in [3.8, 4) is 45.8 Å². The maximum Gasteiger partial charge on any atom is 0.229 e. The minimum absolute atomic E-state index is 0.106. The zero-order valence-electron chi connectivity index (χ0n) is 38.6. The molecule has 3 aromatic heterocycles. The second-order valence-electron chi connectivity index (χ2n) is 18.9. The molecular weight excluding hydrogens is 821 g/mol. The normalized spacial score (nSPS) is 25.4. The molecule has 6 aliphatic heterocycles. The number of hydrogen-bond acceptors (Lipinski definition) is 10. The van der Waals surface area contributed by atoms with Gasteiger partial charge in [-0.15, -0.1) is 0 Å². The number of aromatic nitrogens is 4. The molecule has 0 spiro atoms. The summed E-state index contributed by atoms with van der Waals surface area (Å²) in [6, 6.07) is 37.4. The molecule has 10 heteroatoms. The third-order valence-electron chi connectivity index (χ3n) is 15.6. The van der Waals surface area contributed by atoms with Gasteiger partial charge in [-0.3, -0.25) is 19.8 Å². The molecule has 4 aromatic carbocycles. The Labute approximate surface area is 388 Å². The Balaban J connectivity index is 1.13. The first kappa shape index (κ1) is 42.5. The van der Waals surface area contributed by atoms with Crippen molar-refractivity contribution in [2.24, 2.45) is 23.7 Å². The summed E-state index contributed by atoms with van der Waals surface area (Å²) < 4.78 is 27.2. The van der Waals surface area contributed by atoms with Gasteiger partial charge in [0.2, 0.25) is 11.8 Å². The SMILES string of the molecule is CCC1CN2CC[C@@H]1CC2[C@H](Oc1nc(-c2ccccc2)nc(O[C@H](c2ccnc3ccc(OC)cc23)[C@@H]2C[C@@H]3CCN2CC3CC)c1-c1ccccc1)c1ccnc2ccc(OC)cc12. The summed E-state index contributed by atoms with van der Waals surface area (Å²) in [7, 11) is 3.44. The molecule has 66 heavy (non-hydrogen) atoms. The smallest absolute Gasteiger partial charge is 0.229 e. The van der Waals surface area contributed by atoms with Crippen molar-refractivity contribution in [3.05, 3.63) is 133 Å². The molecule has 0 N–H and O–H groups in total. The van der Waals surface area contributed by atoms with Crippen LogP contribution in [0.4, 0.5) is 0 Å². The molecule has 13 rings (SSSR count). The van der Waals surface area contributed by atoms with Crippen LogP contribution in [-0.4, -0.2) is 82.2 Å². The average Bonchev–Trinajstić information content (AvgIpc) is 3.39. The van der Waals surface area contributed by atoms with E-state index in [4.69, 9.17) is 38.9 Å². The van der Waals surface area contributed by atoms with E-state index in [9.17, 15) is 0 Å². The Hall–Kier alpha value is -6.10. The van der Waals surface area contributed by atoms with Gasteiger partial charge in [0.15, 0.2) is 5.82 Å². The van der Waals surface area contributed by atoms with Gasteiger partial charge < -0.3 is 18.9 Å². The number of methoxy groups -OCH3 is 2. The number of fused-ring (bicyclic) bond motifs is 8. The minimum Gasteiger partial charge on any atom is -0.497 e. The summed E-state index contributed by atoms with van der Waals surface area (Å²) >= 11 is 0. The first-order valence-corrected chi connectivity index (χ1v) is 24.2. The first-order chi connectivity index (χ1) is 32.5. The van der Waals surface area contributed by atoms with Gasteiger partial charge in [-0.1, -0.05) is 87.4 Å². The quantitative estimate of drug-likeness (QED) is 0.105. The number of piperidine rings is 6. The van der Waals surface area contributed by atoms with Crippen LogP contribution in [0.5, 0.6) is 23.3 Å². The molecule has 0 amide bonds. The fraction of sp³-hybridized carbons (Fsp3) is 0.393. The fourth-order valence-corrected chi connectivity index (χ4v) is 12.1. The van der Waals surface area contributed by atoms with Gasteiger partial charge in [0.05, 0.1) is 37.3 Å². The van der Waals surface area contributed by atoms with Gasteiger partial charge in [0.1, 0.15) is 29.3 Å². The van der Waals surface area contributed by atoms with E-state index in [0.717, 1.165) is 100 Å². The lowest BCUT2D eigenvalue weighted by atomic mass is 9.72. The third-order valence-corrected chi connectivity index (χ3v) is 15.6. The molecule has 338 valence electrons. The number of nitrogens with zero attached hydrogens (tertiary/aromatic N) is 6. The lowest BCUT2D eigenvalue weighted by Crippen LogP contribution is -2.56. The highest BCUT2D eigenvalue weighted by atomic mass is 16.5. The van der Waals surface area contributed by atoms with Crippen LogP contribution in [0.2, 0.25) is 0 Å². The molecule has 10 nitrogen and oxygen atoms in total. The van der Waals surface area contributed by atoms with Crippen molar-refractivity contribution in [1.29, 1.82) is 0 Å². The molecule has 0 saturated carbocycles. The minimum atomic E-state index is -0.393. The second kappa shape index (κ2) is 18.3.